The molecule has 14 heteroatoms. The number of phenolic OH excluding ortho intramolecular Hbond substituents is 1. The van der Waals surface area contributed by atoms with Crippen molar-refractivity contribution >= 4 is 36.2 Å². The molecule has 1 aliphatic heterocycles. The van der Waals surface area contributed by atoms with Crippen molar-refractivity contribution in [2.24, 2.45) is 5.73 Å². The number of nitrogens with one attached hydrogen (secondary N) is 1. The summed E-state index contributed by atoms with van der Waals surface area (Å²) < 4.78 is 35.2. The van der Waals surface area contributed by atoms with Gasteiger partial charge in [-0.3, -0.25) is 19.1 Å². The highest BCUT2D eigenvalue weighted by atomic mass is 79.9. The summed E-state index contributed by atoms with van der Waals surface area (Å²) in [7, 11) is -2.62. The molecule has 12 nitrogen and oxygen atoms in total. The first-order valence-electron chi connectivity index (χ1n) is 10.8. The van der Waals surface area contributed by atoms with Gasteiger partial charge in [-0.25, -0.2) is 4.79 Å². The molecule has 1 aromatic carbocycles. The Kier molecular flexibility index (Phi) is 9.71. The van der Waals surface area contributed by atoms with Crippen molar-refractivity contribution in [1.82, 2.24) is 9.55 Å². The fourth-order valence-corrected chi connectivity index (χ4v) is 4.31. The number of carbonyl (C=O) groups excluding carboxylic acids is 1. The van der Waals surface area contributed by atoms with Gasteiger partial charge in [0.2, 0.25) is 0 Å². The first kappa shape index (κ1) is 27.9. The second-order valence-electron chi connectivity index (χ2n) is 8.05. The van der Waals surface area contributed by atoms with Crippen molar-refractivity contribution < 1.29 is 33.0 Å². The number of aromatic hydroxyl groups is 1. The maximum atomic E-state index is 12.4. The molecule has 36 heavy (non-hydrogen) atoms. The fourth-order valence-electron chi connectivity index (χ4n) is 3.43. The monoisotopic (exact) mass is 586 g/mol. The Morgan fingerprint density at radius 2 is 2.17 bits per heavy atom. The van der Waals surface area contributed by atoms with Crippen LogP contribution in [0.15, 0.2) is 39.0 Å². The predicted molar refractivity (Wildman–Crippen MR) is 133 cm³/mol. The molecule has 3 rings (SSSR count). The molecule has 0 saturated carbocycles. The van der Waals surface area contributed by atoms with E-state index >= 15 is 0 Å². The molecule has 0 bridgehead atoms. The zero-order valence-corrected chi connectivity index (χ0v) is 21.9. The highest BCUT2D eigenvalue weighted by Gasteiger charge is 2.42. The number of benzene rings is 1. The smallest absolute Gasteiger partial charge is 0.507 e. The minimum absolute atomic E-state index is 0.0335. The predicted octanol–water partition coefficient (Wildman–Crippen LogP) is 2.35. The Labute approximate surface area is 215 Å². The summed E-state index contributed by atoms with van der Waals surface area (Å²) in [6.45, 7) is 2.73. The molecule has 2 aromatic rings. The number of hydrogen-bond acceptors (Lipinski definition) is 10. The van der Waals surface area contributed by atoms with E-state index in [1.54, 1.807) is 25.1 Å². The van der Waals surface area contributed by atoms with Crippen LogP contribution in [0.2, 0.25) is 0 Å². The number of rotatable bonds is 10. The molecule has 0 aliphatic carbocycles. The number of esters is 1. The van der Waals surface area contributed by atoms with Crippen LogP contribution in [0.3, 0.4) is 0 Å². The molecular weight excluding hydrogens is 561 g/mol. The van der Waals surface area contributed by atoms with Gasteiger partial charge in [0.15, 0.2) is 0 Å². The highest BCUT2D eigenvalue weighted by molar-refractivity contribution is 9.11. The van der Waals surface area contributed by atoms with Crippen LogP contribution in [0.5, 0.6) is 5.75 Å². The summed E-state index contributed by atoms with van der Waals surface area (Å²) in [5, 5.41) is 10.1. The Morgan fingerprint density at radius 3 is 2.86 bits per heavy atom. The molecule has 5 atom stereocenters. The maximum absolute atomic E-state index is 12.4. The number of carbonyl (C=O) groups is 1. The van der Waals surface area contributed by atoms with Gasteiger partial charge in [0, 0.05) is 22.7 Å². The van der Waals surface area contributed by atoms with E-state index in [2.05, 4.69) is 20.9 Å². The molecule has 1 saturated heterocycles. The van der Waals surface area contributed by atoms with Gasteiger partial charge < -0.3 is 20.3 Å². The number of nitrogens with zero attached hydrogens (tertiary/aromatic N) is 1. The normalized spacial score (nSPS) is 21.0. The van der Waals surface area contributed by atoms with Gasteiger partial charge in [-0.1, -0.05) is 34.1 Å². The van der Waals surface area contributed by atoms with Crippen molar-refractivity contribution in [3.63, 3.8) is 0 Å². The number of halogens is 1. The van der Waals surface area contributed by atoms with E-state index < -0.39 is 50.0 Å². The third kappa shape index (κ3) is 6.96. The quantitative estimate of drug-likeness (QED) is 0.277. The van der Waals surface area contributed by atoms with E-state index in [4.69, 9.17) is 24.3 Å². The number of ether oxygens (including phenoxy) is 2. The summed E-state index contributed by atoms with van der Waals surface area (Å²) in [5.41, 5.74) is 5.56. The van der Waals surface area contributed by atoms with E-state index in [1.165, 1.54) is 24.2 Å². The number of H-pyrrole nitrogens is 1. The molecule has 0 radical (unpaired) electrons. The number of aryl methyl sites for hydroxylation is 1. The number of nitrogens with two attached hydrogens (primary N) is 1. The van der Waals surface area contributed by atoms with E-state index in [-0.39, 0.29) is 30.9 Å². The van der Waals surface area contributed by atoms with Crippen molar-refractivity contribution in [2.75, 3.05) is 6.61 Å². The molecule has 2 heterocycles. The average molecular weight is 587 g/mol. The van der Waals surface area contributed by atoms with Crippen LogP contribution in [-0.4, -0.2) is 45.5 Å². The van der Waals surface area contributed by atoms with Crippen molar-refractivity contribution in [1.29, 1.82) is 0 Å². The van der Waals surface area contributed by atoms with E-state index in [0.717, 1.165) is 4.57 Å². The van der Waals surface area contributed by atoms with Crippen LogP contribution < -0.4 is 17.0 Å². The fraction of sp³-hybridized carbons (Fsp3) is 0.409. The van der Waals surface area contributed by atoms with Gasteiger partial charge in [-0.15, -0.1) is 9.05 Å². The maximum Gasteiger partial charge on any atom is 0.697 e. The SMILES string of the molecule is Cc1cccc(CO[P+](=O)OC[C@H]2O[C@@H](n3cc(/C=C/Br)c(=O)[nH]c3=O)C[C@@H]2OC(=O)[C@@H](C)N)c1O. The van der Waals surface area contributed by atoms with Crippen molar-refractivity contribution in [2.45, 2.75) is 51.4 Å². The van der Waals surface area contributed by atoms with Gasteiger partial charge in [-0.05, 0) is 30.5 Å². The third-order valence-electron chi connectivity index (χ3n) is 5.36. The number of phenols is 1. The number of aromatic amines is 1. The molecule has 1 aromatic heterocycles. The molecule has 0 spiro atoms. The van der Waals surface area contributed by atoms with Crippen LogP contribution in [0.25, 0.3) is 6.08 Å². The minimum atomic E-state index is -2.62. The number of para-hydroxylation sites is 1. The second-order valence-corrected chi connectivity index (χ2v) is 9.54. The van der Waals surface area contributed by atoms with E-state index in [9.17, 15) is 24.1 Å². The summed E-state index contributed by atoms with van der Waals surface area (Å²) >= 11 is 3.08. The van der Waals surface area contributed by atoms with Crippen LogP contribution in [0.1, 0.15) is 36.3 Å². The zero-order valence-electron chi connectivity index (χ0n) is 19.5. The molecule has 1 unspecified atom stereocenters. The second kappa shape index (κ2) is 12.5. The molecule has 4 N–H and O–H groups in total. The van der Waals surface area contributed by atoms with E-state index in [0.29, 0.717) is 11.1 Å². The lowest BCUT2D eigenvalue weighted by Crippen LogP contribution is -2.36. The highest BCUT2D eigenvalue weighted by Crippen LogP contribution is 2.34. The molecular formula is C22H26BrN3O9P+. The van der Waals surface area contributed by atoms with Gasteiger partial charge in [0.25, 0.3) is 5.56 Å². The van der Waals surface area contributed by atoms with Crippen LogP contribution >= 0.6 is 24.2 Å². The van der Waals surface area contributed by atoms with Crippen LogP contribution in [-0.2, 0) is 34.5 Å². The number of hydrogen-bond donors (Lipinski definition) is 3. The Bertz CT molecular complexity index is 1260. The van der Waals surface area contributed by atoms with Gasteiger partial charge >= 0.3 is 19.9 Å². The van der Waals surface area contributed by atoms with Gasteiger partial charge in [0.05, 0.1) is 5.56 Å². The molecule has 194 valence electrons. The summed E-state index contributed by atoms with van der Waals surface area (Å²) in [4.78, 5) is 40.2. The Hall–Kier alpha value is -2.67. The van der Waals surface area contributed by atoms with Crippen LogP contribution in [0, 0.1) is 6.92 Å². The summed E-state index contributed by atoms with van der Waals surface area (Å²) in [6, 6.07) is 4.17. The van der Waals surface area contributed by atoms with Gasteiger partial charge in [0.1, 0.15) is 43.4 Å². The van der Waals surface area contributed by atoms with E-state index in [1.807, 2.05) is 0 Å². The first-order chi connectivity index (χ1) is 17.1. The largest absolute Gasteiger partial charge is 0.697 e. The molecule has 1 fully saturated rings. The molecule has 0 amide bonds. The topological polar surface area (TPSA) is 172 Å². The molecule has 1 aliphatic rings. The standard InChI is InChI=1S/C22H25BrN3O9P/c1-12-4-3-5-15(19(12)27)10-32-36(31)33-11-17-16(35-21(29)13(2)24)8-18(34-17)26-9-14(6-7-23)20(28)25-22(26)30/h3-7,9,13,16-18H,8,10-11,24H2,1-2H3,(H-,25,27,28,30)/p+1/b7-6+/t13-,16+,17-,18-/m1/s1. The summed E-state index contributed by atoms with van der Waals surface area (Å²) in [5.74, 6) is -0.659. The Morgan fingerprint density at radius 1 is 1.42 bits per heavy atom. The number of aromatic nitrogens is 2. The first-order valence-corrected chi connectivity index (χ1v) is 12.9. The van der Waals surface area contributed by atoms with Crippen molar-refractivity contribution in [3.8, 4) is 5.75 Å². The average Bonchev–Trinajstić information content (AvgIpc) is 3.22. The van der Waals surface area contributed by atoms with Gasteiger partial charge in [-0.2, -0.15) is 0 Å². The minimum Gasteiger partial charge on any atom is -0.507 e. The lowest BCUT2D eigenvalue weighted by Gasteiger charge is -2.17. The lowest BCUT2D eigenvalue weighted by atomic mass is 10.1. The van der Waals surface area contributed by atoms with Crippen molar-refractivity contribution in [3.05, 3.63) is 66.9 Å². The third-order valence-corrected chi connectivity index (χ3v) is 6.32. The Balaban J connectivity index is 1.71. The zero-order chi connectivity index (χ0) is 26.4. The summed E-state index contributed by atoms with van der Waals surface area (Å²) in [6.07, 6.45) is 0.0962. The lowest BCUT2D eigenvalue weighted by molar-refractivity contribution is -0.154. The van der Waals surface area contributed by atoms with Crippen LogP contribution in [0.4, 0.5) is 0 Å².